The molecule has 1 saturated carbocycles. The number of ether oxygens (including phenoxy) is 1. The summed E-state index contributed by atoms with van der Waals surface area (Å²) in [4.78, 5) is 38.3. The Balaban J connectivity index is 1.35. The zero-order chi connectivity index (χ0) is 46.6. The summed E-state index contributed by atoms with van der Waals surface area (Å²) in [6, 6.07) is 12.4. The van der Waals surface area contributed by atoms with Gasteiger partial charge in [0.1, 0.15) is 40.6 Å². The van der Waals surface area contributed by atoms with Crippen molar-refractivity contribution in [1.29, 1.82) is 0 Å². The van der Waals surface area contributed by atoms with Gasteiger partial charge in [0.15, 0.2) is 11.5 Å². The summed E-state index contributed by atoms with van der Waals surface area (Å²) in [5.74, 6) is -11.5. The molecule has 4 atom stereocenters. The normalized spacial score (nSPS) is 17.4. The van der Waals surface area contributed by atoms with E-state index in [0.717, 1.165) is 27.3 Å². The molecular formula is C43H36ClF6N9O5S. The first kappa shape index (κ1) is 43.8. The van der Waals surface area contributed by atoms with Crippen molar-refractivity contribution in [1.82, 2.24) is 34.1 Å². The molecule has 22 heteroatoms. The summed E-state index contributed by atoms with van der Waals surface area (Å²) < 4.78 is 128. The van der Waals surface area contributed by atoms with Crippen LogP contribution in [0.25, 0.3) is 27.6 Å². The minimum Gasteiger partial charge on any atom is -0.497 e. The lowest BCUT2D eigenvalue weighted by Crippen LogP contribution is -2.39. The molecule has 65 heavy (non-hydrogen) atoms. The second-order valence-electron chi connectivity index (χ2n) is 16.2. The number of hydrogen-bond donors (Lipinski definition) is 1. The molecule has 4 aromatic heterocycles. The van der Waals surface area contributed by atoms with Crippen LogP contribution in [0.2, 0.25) is 5.02 Å². The fraction of sp³-hybridized carbons (Fsp3) is 0.302. The topological polar surface area (TPSA) is 173 Å². The molecule has 14 nitrogen and oxygen atoms in total. The van der Waals surface area contributed by atoms with E-state index in [2.05, 4.69) is 15.2 Å². The number of rotatable bonds is 13. The highest BCUT2D eigenvalue weighted by molar-refractivity contribution is 7.92. The summed E-state index contributed by atoms with van der Waals surface area (Å²) in [7, 11) is -1.23. The number of hydrogen-bond acceptors (Lipinski definition) is 9. The van der Waals surface area contributed by atoms with Crippen LogP contribution in [-0.4, -0.2) is 61.8 Å². The lowest BCUT2D eigenvalue weighted by atomic mass is 9.89. The van der Waals surface area contributed by atoms with Gasteiger partial charge in [-0.1, -0.05) is 23.7 Å². The SMILES string of the molecule is COc1ccc(CN(c2nn(C)c3c(-n4c([C@@H](Cc5cc(F)cc(F)c5)C(C(N)=O)n5nc(C(F)F)c6c5C(F)(F)[C@@H]5C[C@H]65)nc5nc(C)ccc5c4=O)ccc(Cl)c23)S(C)(=O)=O)cc1. The van der Waals surface area contributed by atoms with Crippen LogP contribution in [0.1, 0.15) is 70.3 Å². The number of fused-ring (bicyclic) bond motifs is 5. The number of benzene rings is 3. The molecule has 2 aliphatic carbocycles. The van der Waals surface area contributed by atoms with Crippen LogP contribution in [0.15, 0.2) is 71.5 Å². The van der Waals surface area contributed by atoms with Crippen LogP contribution in [0.5, 0.6) is 5.75 Å². The monoisotopic (exact) mass is 939 g/mol. The van der Waals surface area contributed by atoms with E-state index in [1.165, 1.54) is 43.1 Å². The number of nitrogens with zero attached hydrogens (tertiary/aromatic N) is 8. The predicted molar refractivity (Wildman–Crippen MR) is 226 cm³/mol. The fourth-order valence-corrected chi connectivity index (χ4v) is 10.1. The van der Waals surface area contributed by atoms with E-state index in [1.807, 2.05) is 0 Å². The highest BCUT2D eigenvalue weighted by Gasteiger charge is 2.68. The van der Waals surface area contributed by atoms with Crippen LogP contribution < -0.4 is 20.3 Å². The van der Waals surface area contributed by atoms with Crippen molar-refractivity contribution < 1.29 is 44.3 Å². The first-order valence-corrected chi connectivity index (χ1v) is 22.1. The maximum Gasteiger partial charge on any atom is 0.293 e. The van der Waals surface area contributed by atoms with E-state index >= 15 is 13.6 Å². The minimum absolute atomic E-state index is 0.0196. The van der Waals surface area contributed by atoms with Crippen LogP contribution in [0.3, 0.4) is 0 Å². The van der Waals surface area contributed by atoms with Gasteiger partial charge in [0, 0.05) is 30.3 Å². The molecule has 0 bridgehead atoms. The smallest absolute Gasteiger partial charge is 0.293 e. The van der Waals surface area contributed by atoms with Crippen molar-refractivity contribution >= 4 is 55.3 Å². The second kappa shape index (κ2) is 15.6. The van der Waals surface area contributed by atoms with E-state index in [0.29, 0.717) is 27.8 Å². The van der Waals surface area contributed by atoms with Crippen molar-refractivity contribution in [2.75, 3.05) is 17.7 Å². The largest absolute Gasteiger partial charge is 0.497 e. The molecule has 1 fully saturated rings. The first-order chi connectivity index (χ1) is 30.7. The second-order valence-corrected chi connectivity index (χ2v) is 18.5. The highest BCUT2D eigenvalue weighted by atomic mass is 35.5. The van der Waals surface area contributed by atoms with Gasteiger partial charge in [-0.05, 0) is 85.3 Å². The van der Waals surface area contributed by atoms with Gasteiger partial charge in [-0.15, -0.1) is 0 Å². The number of carbonyl (C=O) groups excluding carboxylic acids is 1. The predicted octanol–water partition coefficient (Wildman–Crippen LogP) is 7.28. The van der Waals surface area contributed by atoms with Gasteiger partial charge in [-0.25, -0.2) is 44.9 Å². The van der Waals surface area contributed by atoms with Crippen molar-refractivity contribution in [3.8, 4) is 11.4 Å². The van der Waals surface area contributed by atoms with Crippen LogP contribution >= 0.6 is 11.6 Å². The van der Waals surface area contributed by atoms with Gasteiger partial charge in [0.25, 0.3) is 17.9 Å². The third-order valence-electron chi connectivity index (χ3n) is 11.9. The molecular weight excluding hydrogens is 904 g/mol. The number of alkyl halides is 4. The molecule has 2 N–H and O–H groups in total. The zero-order valence-electron chi connectivity index (χ0n) is 34.6. The van der Waals surface area contributed by atoms with Crippen molar-refractivity contribution in [2.24, 2.45) is 18.7 Å². The highest BCUT2D eigenvalue weighted by Crippen LogP contribution is 2.68. The molecule has 2 aliphatic rings. The number of pyridine rings is 1. The Morgan fingerprint density at radius 2 is 1.71 bits per heavy atom. The molecule has 0 radical (unpaired) electrons. The number of methoxy groups -OCH3 is 1. The molecule has 4 heterocycles. The molecule has 3 aromatic carbocycles. The average molecular weight is 940 g/mol. The lowest BCUT2D eigenvalue weighted by molar-refractivity contribution is -0.122. The molecule has 0 saturated heterocycles. The Morgan fingerprint density at radius 3 is 2.34 bits per heavy atom. The van der Waals surface area contributed by atoms with Gasteiger partial charge in [0.05, 0.1) is 52.8 Å². The summed E-state index contributed by atoms with van der Waals surface area (Å²) in [5, 5.41) is 8.40. The van der Waals surface area contributed by atoms with Gasteiger partial charge in [-0.3, -0.25) is 18.8 Å². The summed E-state index contributed by atoms with van der Waals surface area (Å²) in [6.07, 6.45) is -3.17. The maximum absolute atomic E-state index is 16.3. The molecule has 1 amide bonds. The number of aromatic nitrogens is 7. The standard InChI is InChI=1S/C43H36ClF6N9O5S/c1-19-5-10-25-39(52-19)53-40(27(15-21-13-22(45)16-23(46)14-21)34(38(51)60)59-36-31(33(54-59)37(47)48)26-17-28(26)43(36,49)50)58(42(25)61)30-12-11-29(44)32-35(30)56(2)55-41(32)57(65(4,62)63)18-20-6-8-24(64-3)9-7-20/h5-14,16,26-28,34,37H,15,17-18H2,1-4H3,(H2,51,60)/t26-,27-,28+,34?/m0/s1. The van der Waals surface area contributed by atoms with Gasteiger partial charge in [-0.2, -0.15) is 19.0 Å². The lowest BCUT2D eigenvalue weighted by Gasteiger charge is -2.30. The molecule has 7 aromatic rings. The fourth-order valence-electron chi connectivity index (χ4n) is 9.03. The number of carbonyl (C=O) groups is 1. The van der Waals surface area contributed by atoms with Crippen LogP contribution in [0.4, 0.5) is 32.2 Å². The van der Waals surface area contributed by atoms with Gasteiger partial charge in [0.2, 0.25) is 15.9 Å². The number of halogens is 7. The average Bonchev–Trinajstić information content (AvgIpc) is 3.74. The van der Waals surface area contributed by atoms with Gasteiger partial charge < -0.3 is 10.5 Å². The molecule has 338 valence electrons. The zero-order valence-corrected chi connectivity index (χ0v) is 36.2. The number of nitrogens with two attached hydrogens (primary N) is 1. The molecule has 0 aliphatic heterocycles. The number of anilines is 1. The van der Waals surface area contributed by atoms with E-state index < -0.39 is 98.5 Å². The van der Waals surface area contributed by atoms with E-state index in [4.69, 9.17) is 27.1 Å². The Hall–Kier alpha value is -6.48. The van der Waals surface area contributed by atoms with Crippen LogP contribution in [-0.2, 0) is 40.8 Å². The summed E-state index contributed by atoms with van der Waals surface area (Å²) in [6.45, 7) is 1.36. The Bertz CT molecular complexity index is 3270. The quantitative estimate of drug-likeness (QED) is 0.117. The van der Waals surface area contributed by atoms with Gasteiger partial charge >= 0.3 is 0 Å². The maximum atomic E-state index is 16.3. The Morgan fingerprint density at radius 1 is 1.02 bits per heavy atom. The number of sulfonamides is 1. The number of primary amides is 1. The molecule has 0 spiro atoms. The van der Waals surface area contributed by atoms with Crippen LogP contribution in [0, 0.1) is 24.5 Å². The minimum atomic E-state index is -4.14. The van der Waals surface area contributed by atoms with E-state index in [-0.39, 0.29) is 57.0 Å². The third-order valence-corrected chi connectivity index (χ3v) is 13.3. The third kappa shape index (κ3) is 7.33. The van der Waals surface area contributed by atoms with Crippen molar-refractivity contribution in [3.63, 3.8) is 0 Å². The Kier molecular flexibility index (Phi) is 10.5. The molecule has 9 rings (SSSR count). The van der Waals surface area contributed by atoms with E-state index in [1.54, 1.807) is 31.2 Å². The van der Waals surface area contributed by atoms with E-state index in [9.17, 15) is 30.8 Å². The number of aryl methyl sites for hydroxylation is 2. The Labute approximate surface area is 370 Å². The summed E-state index contributed by atoms with van der Waals surface area (Å²) in [5.41, 5.74) is 3.28. The summed E-state index contributed by atoms with van der Waals surface area (Å²) >= 11 is 6.88. The first-order valence-electron chi connectivity index (χ1n) is 19.9. The van der Waals surface area contributed by atoms with Crippen molar-refractivity contribution in [2.45, 2.75) is 56.5 Å². The number of amides is 1. The molecule has 1 unspecified atom stereocenters. The van der Waals surface area contributed by atoms with Crippen molar-refractivity contribution in [3.05, 3.63) is 133 Å².